The largest absolute Gasteiger partial charge is 0.508 e. The molecule has 12 nitrogen and oxygen atoms in total. The van der Waals surface area contributed by atoms with Gasteiger partial charge in [0.1, 0.15) is 17.1 Å². The number of hydrogen-bond acceptors (Lipinski definition) is 10. The number of anilines is 2. The maximum Gasteiger partial charge on any atom is 0.262 e. The van der Waals surface area contributed by atoms with Crippen molar-refractivity contribution in [3.63, 3.8) is 0 Å². The van der Waals surface area contributed by atoms with E-state index in [1.807, 2.05) is 0 Å². The third-order valence-electron chi connectivity index (χ3n) is 7.78. The molecule has 1 saturated carbocycles. The van der Waals surface area contributed by atoms with Gasteiger partial charge >= 0.3 is 0 Å². The molecule has 0 radical (unpaired) electrons. The molecule has 0 saturated heterocycles. The average molecular weight is 513 g/mol. The van der Waals surface area contributed by atoms with Gasteiger partial charge in [0.2, 0.25) is 5.78 Å². The van der Waals surface area contributed by atoms with E-state index >= 15 is 0 Å². The summed E-state index contributed by atoms with van der Waals surface area (Å²) < 4.78 is 5.65. The molecular formula is C25H28N4O8. The molecule has 4 atom stereocenters. The summed E-state index contributed by atoms with van der Waals surface area (Å²) in [4.78, 5) is 54.5. The summed E-state index contributed by atoms with van der Waals surface area (Å²) in [6.45, 7) is -0.287. The van der Waals surface area contributed by atoms with E-state index in [0.717, 1.165) is 0 Å². The highest BCUT2D eigenvalue weighted by Gasteiger charge is 2.64. The Bertz CT molecular complexity index is 1360. The number of aliphatic hydroxyl groups excluding tert-OH is 2. The number of fused-ring (bicyclic) bond motifs is 5. The number of benzene rings is 1. The lowest BCUT2D eigenvalue weighted by molar-refractivity contribution is -0.153. The van der Waals surface area contributed by atoms with Crippen LogP contribution in [0, 0.1) is 11.8 Å². The number of rotatable bonds is 3. The lowest BCUT2D eigenvalue weighted by atomic mass is 9.57. The van der Waals surface area contributed by atoms with Crippen molar-refractivity contribution in [3.05, 3.63) is 34.1 Å². The first-order valence-electron chi connectivity index (χ1n) is 11.7. The standard InChI is InChI=1S/C25H28N4O8/c1-28(2)13-7-12-21(37-8-14(30)27-12)16-10(13)5-9-6-11-18(29(3)4)20(32)17(24(26)35)23(34)25(11,36)22(33)15(9)19(16)31/h7,9,11,18,31,34,36H,5-6,8H2,1-4H3,(H2,26,35)(H,27,30)/t9-,11-,18-,25?/m0/s1. The van der Waals surface area contributed by atoms with Crippen LogP contribution in [-0.4, -0.2) is 90.0 Å². The number of likely N-dealkylation sites (N-methyl/N-ethyl adjacent to an activating group) is 1. The topological polar surface area (TPSA) is 183 Å². The van der Waals surface area contributed by atoms with E-state index < -0.39 is 58.0 Å². The van der Waals surface area contributed by atoms with Crippen LogP contribution in [0.4, 0.5) is 11.4 Å². The number of Topliss-reactive ketones (excluding diaryl/α,β-unsaturated/α-hetero) is 2. The maximum absolute atomic E-state index is 14.0. The minimum atomic E-state index is -2.65. The summed E-state index contributed by atoms with van der Waals surface area (Å²) in [6.07, 6.45) is 0.306. The molecule has 12 heteroatoms. The lowest BCUT2D eigenvalue weighted by Crippen LogP contribution is -2.65. The zero-order valence-electron chi connectivity index (χ0n) is 20.8. The fourth-order valence-electron chi connectivity index (χ4n) is 6.24. The molecule has 6 N–H and O–H groups in total. The molecule has 1 fully saturated rings. The monoisotopic (exact) mass is 512 g/mol. The van der Waals surface area contributed by atoms with Crippen molar-refractivity contribution in [2.24, 2.45) is 17.6 Å². The highest BCUT2D eigenvalue weighted by Crippen LogP contribution is 2.55. The molecule has 1 aromatic carbocycles. The Balaban J connectivity index is 1.77. The molecule has 1 unspecified atom stereocenters. The number of amides is 2. The Labute approximate surface area is 212 Å². The van der Waals surface area contributed by atoms with Gasteiger partial charge < -0.3 is 36.0 Å². The van der Waals surface area contributed by atoms with Crippen molar-refractivity contribution in [2.75, 3.05) is 45.0 Å². The molecule has 3 aliphatic carbocycles. The van der Waals surface area contributed by atoms with Crippen LogP contribution >= 0.6 is 0 Å². The first-order valence-corrected chi connectivity index (χ1v) is 11.7. The number of carbonyl (C=O) groups excluding carboxylic acids is 4. The van der Waals surface area contributed by atoms with E-state index in [-0.39, 0.29) is 42.2 Å². The summed E-state index contributed by atoms with van der Waals surface area (Å²) in [5, 5.41) is 36.9. The molecule has 2 amide bonds. The molecule has 4 aliphatic rings. The van der Waals surface area contributed by atoms with Crippen molar-refractivity contribution in [1.29, 1.82) is 0 Å². The summed E-state index contributed by atoms with van der Waals surface area (Å²) >= 11 is 0. The molecule has 0 bridgehead atoms. The van der Waals surface area contributed by atoms with Gasteiger partial charge in [0.05, 0.1) is 17.3 Å². The number of nitrogens with two attached hydrogens (primary N) is 1. The van der Waals surface area contributed by atoms with Crippen LogP contribution in [-0.2, 0) is 25.6 Å². The third kappa shape index (κ3) is 3.22. The summed E-state index contributed by atoms with van der Waals surface area (Å²) in [5.41, 5.74) is 3.60. The molecule has 0 spiro atoms. The number of primary amides is 1. The van der Waals surface area contributed by atoms with Crippen LogP contribution in [0.15, 0.2) is 23.0 Å². The highest BCUT2D eigenvalue weighted by atomic mass is 16.5. The van der Waals surface area contributed by atoms with E-state index in [1.54, 1.807) is 39.2 Å². The van der Waals surface area contributed by atoms with Crippen molar-refractivity contribution in [1.82, 2.24) is 4.90 Å². The molecule has 196 valence electrons. The smallest absolute Gasteiger partial charge is 0.262 e. The second-order valence-electron chi connectivity index (χ2n) is 10.3. The molecule has 1 aliphatic heterocycles. The molecule has 0 aromatic heterocycles. The molecule has 37 heavy (non-hydrogen) atoms. The summed E-state index contributed by atoms with van der Waals surface area (Å²) in [6, 6.07) is 0.609. The zero-order chi connectivity index (χ0) is 27.1. The van der Waals surface area contributed by atoms with Gasteiger partial charge in [0, 0.05) is 31.3 Å². The van der Waals surface area contributed by atoms with Crippen molar-refractivity contribution >= 4 is 40.5 Å². The Morgan fingerprint density at radius 2 is 1.86 bits per heavy atom. The van der Waals surface area contributed by atoms with Crippen molar-refractivity contribution < 1.29 is 39.2 Å². The summed E-state index contributed by atoms with van der Waals surface area (Å²) in [7, 11) is 6.72. The molecule has 1 heterocycles. The van der Waals surface area contributed by atoms with Crippen LogP contribution in [0.5, 0.6) is 5.75 Å². The van der Waals surface area contributed by atoms with Gasteiger partial charge in [-0.05, 0) is 44.5 Å². The van der Waals surface area contributed by atoms with Crippen LogP contribution in [0.2, 0.25) is 0 Å². The quantitative estimate of drug-likeness (QED) is 0.336. The third-order valence-corrected chi connectivity index (χ3v) is 7.78. The van der Waals surface area contributed by atoms with Crippen LogP contribution in [0.25, 0.3) is 5.76 Å². The van der Waals surface area contributed by atoms with E-state index in [2.05, 4.69) is 5.32 Å². The first kappa shape index (κ1) is 24.8. The fraction of sp³-hybridized carbons (Fsp3) is 0.440. The number of nitrogens with one attached hydrogen (secondary N) is 1. The van der Waals surface area contributed by atoms with Gasteiger partial charge in [0.15, 0.2) is 23.7 Å². The van der Waals surface area contributed by atoms with E-state index in [9.17, 15) is 34.5 Å². The Kier molecular flexibility index (Phi) is 5.39. The first-order chi connectivity index (χ1) is 17.3. The molecule has 1 aromatic rings. The van der Waals surface area contributed by atoms with Crippen molar-refractivity contribution in [2.45, 2.75) is 24.5 Å². The van der Waals surface area contributed by atoms with E-state index in [4.69, 9.17) is 10.5 Å². The SMILES string of the molecule is CN(C)c1cc2c(c3c1C[C@H]1C[C@H]4[C@H](N(C)C)C(=O)C(C(N)=O)=C(O)C4(O)C(=O)C1=C3O)OCC(=O)N2. The minimum absolute atomic E-state index is 0.0489. The van der Waals surface area contributed by atoms with Gasteiger partial charge in [-0.3, -0.25) is 24.1 Å². The van der Waals surface area contributed by atoms with Crippen LogP contribution in [0.3, 0.4) is 0 Å². The fourth-order valence-corrected chi connectivity index (χ4v) is 6.24. The Morgan fingerprint density at radius 1 is 1.19 bits per heavy atom. The number of hydrogen-bond donors (Lipinski definition) is 5. The van der Waals surface area contributed by atoms with Crippen molar-refractivity contribution in [3.8, 4) is 5.75 Å². The number of ether oxygens (including phenoxy) is 1. The lowest BCUT2D eigenvalue weighted by Gasteiger charge is -2.50. The predicted molar refractivity (Wildman–Crippen MR) is 131 cm³/mol. The highest BCUT2D eigenvalue weighted by molar-refractivity contribution is 6.24. The normalized spacial score (nSPS) is 28.7. The maximum atomic E-state index is 14.0. The Morgan fingerprint density at radius 3 is 2.46 bits per heavy atom. The zero-order valence-corrected chi connectivity index (χ0v) is 20.8. The number of nitrogens with zero attached hydrogens (tertiary/aromatic N) is 2. The average Bonchev–Trinajstić information content (AvgIpc) is 2.80. The van der Waals surface area contributed by atoms with Gasteiger partial charge in [-0.1, -0.05) is 0 Å². The second kappa shape index (κ2) is 8.05. The van der Waals surface area contributed by atoms with Crippen LogP contribution < -0.4 is 20.7 Å². The molecular weight excluding hydrogens is 484 g/mol. The van der Waals surface area contributed by atoms with Crippen LogP contribution in [0.1, 0.15) is 17.5 Å². The number of aliphatic hydroxyl groups is 3. The predicted octanol–water partition coefficient (Wildman–Crippen LogP) is -0.345. The number of carbonyl (C=O) groups is 4. The summed E-state index contributed by atoms with van der Waals surface area (Å²) in [5.74, 6) is -6.53. The van der Waals surface area contributed by atoms with Gasteiger partial charge in [-0.25, -0.2) is 0 Å². The van der Waals surface area contributed by atoms with Gasteiger partial charge in [-0.2, -0.15) is 0 Å². The van der Waals surface area contributed by atoms with Gasteiger partial charge in [0.25, 0.3) is 11.8 Å². The number of ketones is 2. The second-order valence-corrected chi connectivity index (χ2v) is 10.3. The van der Waals surface area contributed by atoms with Gasteiger partial charge in [-0.15, -0.1) is 0 Å². The molecule has 5 rings (SSSR count). The van der Waals surface area contributed by atoms with E-state index in [0.29, 0.717) is 16.9 Å². The Hall–Kier alpha value is -3.90. The minimum Gasteiger partial charge on any atom is -0.508 e. The van der Waals surface area contributed by atoms with E-state index in [1.165, 1.54) is 4.90 Å².